The summed E-state index contributed by atoms with van der Waals surface area (Å²) in [7, 11) is 0. The molecule has 1 N–H and O–H groups in total. The van der Waals surface area contributed by atoms with Gasteiger partial charge in [-0.15, -0.1) is 11.3 Å². The van der Waals surface area contributed by atoms with Gasteiger partial charge in [-0.3, -0.25) is 4.79 Å². The second kappa shape index (κ2) is 6.16. The molecule has 3 heterocycles. The second-order valence-corrected chi connectivity index (χ2v) is 6.65. The Morgan fingerprint density at radius 1 is 1.17 bits per heavy atom. The summed E-state index contributed by atoms with van der Waals surface area (Å²) in [6.07, 6.45) is 2.27. The number of carbonyl (C=O) groups is 1. The van der Waals surface area contributed by atoms with E-state index < -0.39 is 0 Å². The molecule has 1 aliphatic heterocycles. The van der Waals surface area contributed by atoms with E-state index in [0.29, 0.717) is 10.7 Å². The lowest BCUT2D eigenvalue weighted by atomic mass is 10.3. The molecule has 0 atom stereocenters. The first kappa shape index (κ1) is 15.0. The summed E-state index contributed by atoms with van der Waals surface area (Å²) in [5.74, 6) is 1.09. The third-order valence-corrected chi connectivity index (χ3v) is 5.07. The summed E-state index contributed by atoms with van der Waals surface area (Å²) in [5.41, 5.74) is 4.02. The molecular formula is C17H17N5OS. The number of carbonyl (C=O) groups excluding carboxylic acids is 1. The third-order valence-electron chi connectivity index (χ3n) is 4.14. The number of fused-ring (bicyclic) bond motifs is 1. The molecule has 0 saturated carbocycles. The zero-order valence-corrected chi connectivity index (χ0v) is 14.1. The average molecular weight is 339 g/mol. The van der Waals surface area contributed by atoms with Crippen LogP contribution in [-0.2, 0) is 0 Å². The number of rotatable bonds is 3. The molecule has 122 valence electrons. The summed E-state index contributed by atoms with van der Waals surface area (Å²) < 4.78 is 0. The van der Waals surface area contributed by atoms with E-state index in [1.54, 1.807) is 5.51 Å². The van der Waals surface area contributed by atoms with Crippen molar-refractivity contribution in [1.29, 1.82) is 0 Å². The van der Waals surface area contributed by atoms with Crippen molar-refractivity contribution in [2.45, 2.75) is 19.8 Å². The van der Waals surface area contributed by atoms with Crippen molar-refractivity contribution >= 4 is 39.9 Å². The highest BCUT2D eigenvalue weighted by molar-refractivity contribution is 7.12. The molecule has 0 spiro atoms. The SMILES string of the molecule is Cc1ncsc1C(=O)Nc1nc2ccccc2nc1N1CCCC1. The van der Waals surface area contributed by atoms with Crippen molar-refractivity contribution in [2.75, 3.05) is 23.3 Å². The number of benzene rings is 1. The monoisotopic (exact) mass is 339 g/mol. The van der Waals surface area contributed by atoms with Crippen molar-refractivity contribution in [3.63, 3.8) is 0 Å². The predicted molar refractivity (Wildman–Crippen MR) is 95.8 cm³/mol. The van der Waals surface area contributed by atoms with Crippen LogP contribution in [0.5, 0.6) is 0 Å². The van der Waals surface area contributed by atoms with Crippen molar-refractivity contribution in [3.05, 3.63) is 40.3 Å². The Hall–Kier alpha value is -2.54. The number of para-hydroxylation sites is 2. The minimum atomic E-state index is -0.181. The van der Waals surface area contributed by atoms with Crippen LogP contribution >= 0.6 is 11.3 Å². The Labute approximate surface area is 143 Å². The maximum atomic E-state index is 12.6. The summed E-state index contributed by atoms with van der Waals surface area (Å²) in [4.78, 5) is 28.9. The first-order valence-corrected chi connectivity index (χ1v) is 8.83. The van der Waals surface area contributed by atoms with Crippen LogP contribution in [0.1, 0.15) is 28.2 Å². The number of amides is 1. The van der Waals surface area contributed by atoms with E-state index in [9.17, 15) is 4.79 Å². The minimum Gasteiger partial charge on any atom is -0.354 e. The van der Waals surface area contributed by atoms with Crippen molar-refractivity contribution in [2.24, 2.45) is 0 Å². The van der Waals surface area contributed by atoms with Gasteiger partial charge in [-0.1, -0.05) is 12.1 Å². The molecule has 0 bridgehead atoms. The van der Waals surface area contributed by atoms with Gasteiger partial charge in [0.15, 0.2) is 11.6 Å². The Morgan fingerprint density at radius 3 is 2.54 bits per heavy atom. The Balaban J connectivity index is 1.76. The van der Waals surface area contributed by atoms with E-state index in [1.165, 1.54) is 11.3 Å². The average Bonchev–Trinajstić information content (AvgIpc) is 3.25. The Bertz CT molecular complexity index is 901. The van der Waals surface area contributed by atoms with Gasteiger partial charge in [-0.25, -0.2) is 15.0 Å². The van der Waals surface area contributed by atoms with Gasteiger partial charge in [-0.05, 0) is 31.9 Å². The smallest absolute Gasteiger partial charge is 0.268 e. The minimum absolute atomic E-state index is 0.181. The third kappa shape index (κ3) is 2.71. The Kier molecular flexibility index (Phi) is 3.86. The first-order chi connectivity index (χ1) is 11.7. The van der Waals surface area contributed by atoms with Crippen LogP contribution in [0.25, 0.3) is 11.0 Å². The lowest BCUT2D eigenvalue weighted by molar-refractivity contribution is 0.102. The summed E-state index contributed by atoms with van der Waals surface area (Å²) in [6, 6.07) is 7.72. The van der Waals surface area contributed by atoms with Gasteiger partial charge >= 0.3 is 0 Å². The fraction of sp³-hybridized carbons (Fsp3) is 0.294. The highest BCUT2D eigenvalue weighted by Crippen LogP contribution is 2.28. The van der Waals surface area contributed by atoms with Gasteiger partial charge in [0, 0.05) is 13.1 Å². The Morgan fingerprint density at radius 2 is 1.88 bits per heavy atom. The number of aryl methyl sites for hydroxylation is 1. The molecule has 7 heteroatoms. The summed E-state index contributed by atoms with van der Waals surface area (Å²) >= 11 is 1.33. The van der Waals surface area contributed by atoms with Gasteiger partial charge in [0.2, 0.25) is 0 Å². The van der Waals surface area contributed by atoms with E-state index >= 15 is 0 Å². The molecule has 1 fully saturated rings. The first-order valence-electron chi connectivity index (χ1n) is 7.95. The van der Waals surface area contributed by atoms with Gasteiger partial charge in [0.25, 0.3) is 5.91 Å². The standard InChI is InChI=1S/C17H17N5OS/c1-11-14(24-10-18-11)17(23)21-15-16(22-8-4-5-9-22)20-13-7-3-2-6-12(13)19-15/h2-3,6-7,10H,4-5,8-9H2,1H3,(H,19,21,23). The maximum Gasteiger partial charge on any atom is 0.268 e. The van der Waals surface area contributed by atoms with E-state index in [2.05, 4.69) is 20.2 Å². The van der Waals surface area contributed by atoms with Crippen LogP contribution in [0.4, 0.5) is 11.6 Å². The molecule has 0 aliphatic carbocycles. The van der Waals surface area contributed by atoms with E-state index in [0.717, 1.165) is 48.5 Å². The van der Waals surface area contributed by atoms with E-state index in [4.69, 9.17) is 4.98 Å². The van der Waals surface area contributed by atoms with Crippen LogP contribution in [0.3, 0.4) is 0 Å². The lowest BCUT2D eigenvalue weighted by Crippen LogP contribution is -2.23. The van der Waals surface area contributed by atoms with E-state index in [1.807, 2.05) is 31.2 Å². The van der Waals surface area contributed by atoms with Crippen molar-refractivity contribution in [3.8, 4) is 0 Å². The number of nitrogens with zero attached hydrogens (tertiary/aromatic N) is 4. The topological polar surface area (TPSA) is 71.0 Å². The number of anilines is 2. The molecular weight excluding hydrogens is 322 g/mol. The predicted octanol–water partition coefficient (Wildman–Crippen LogP) is 3.25. The largest absolute Gasteiger partial charge is 0.354 e. The van der Waals surface area contributed by atoms with Crippen LogP contribution < -0.4 is 10.2 Å². The quantitative estimate of drug-likeness (QED) is 0.793. The zero-order chi connectivity index (χ0) is 16.5. The lowest BCUT2D eigenvalue weighted by Gasteiger charge is -2.20. The number of aromatic nitrogens is 3. The molecule has 4 rings (SSSR count). The van der Waals surface area contributed by atoms with Crippen LogP contribution in [0.15, 0.2) is 29.8 Å². The van der Waals surface area contributed by atoms with Crippen molar-refractivity contribution in [1.82, 2.24) is 15.0 Å². The number of hydrogen-bond acceptors (Lipinski definition) is 6. The highest BCUT2D eigenvalue weighted by atomic mass is 32.1. The molecule has 1 aromatic carbocycles. The second-order valence-electron chi connectivity index (χ2n) is 5.80. The molecule has 6 nitrogen and oxygen atoms in total. The molecule has 1 amide bonds. The molecule has 3 aromatic rings. The molecule has 0 radical (unpaired) electrons. The maximum absolute atomic E-state index is 12.6. The number of hydrogen-bond donors (Lipinski definition) is 1. The number of thiazole rings is 1. The van der Waals surface area contributed by atoms with E-state index in [-0.39, 0.29) is 5.91 Å². The molecule has 1 saturated heterocycles. The molecule has 1 aliphatic rings. The van der Waals surface area contributed by atoms with Crippen LogP contribution in [0, 0.1) is 6.92 Å². The van der Waals surface area contributed by atoms with Crippen molar-refractivity contribution < 1.29 is 4.79 Å². The highest BCUT2D eigenvalue weighted by Gasteiger charge is 2.22. The molecule has 24 heavy (non-hydrogen) atoms. The fourth-order valence-corrected chi connectivity index (χ4v) is 3.61. The molecule has 2 aromatic heterocycles. The van der Waals surface area contributed by atoms with Crippen LogP contribution in [0.2, 0.25) is 0 Å². The molecule has 0 unspecified atom stereocenters. The van der Waals surface area contributed by atoms with Crippen LogP contribution in [-0.4, -0.2) is 33.9 Å². The zero-order valence-electron chi connectivity index (χ0n) is 13.3. The number of nitrogens with one attached hydrogen (secondary N) is 1. The summed E-state index contributed by atoms with van der Waals surface area (Å²) in [6.45, 7) is 3.71. The van der Waals surface area contributed by atoms with Gasteiger partial charge < -0.3 is 10.2 Å². The van der Waals surface area contributed by atoms with Gasteiger partial charge in [0.05, 0.1) is 22.2 Å². The van der Waals surface area contributed by atoms with Gasteiger partial charge in [-0.2, -0.15) is 0 Å². The normalized spacial score (nSPS) is 14.3. The fourth-order valence-electron chi connectivity index (χ4n) is 2.91. The summed E-state index contributed by atoms with van der Waals surface area (Å²) in [5, 5.41) is 2.94. The van der Waals surface area contributed by atoms with Gasteiger partial charge in [0.1, 0.15) is 4.88 Å².